The van der Waals surface area contributed by atoms with E-state index in [0.717, 1.165) is 62.2 Å². The minimum Gasteiger partial charge on any atom is -0.381 e. The molecule has 0 bridgehead atoms. The first-order chi connectivity index (χ1) is 12.3. The molecule has 2 aromatic rings. The number of hydrogen-bond acceptors (Lipinski definition) is 4. The van der Waals surface area contributed by atoms with Gasteiger partial charge in [0.1, 0.15) is 0 Å². The van der Waals surface area contributed by atoms with Crippen LogP contribution in [0.5, 0.6) is 0 Å². The van der Waals surface area contributed by atoms with Crippen molar-refractivity contribution in [1.29, 1.82) is 0 Å². The second-order valence-corrected chi connectivity index (χ2v) is 6.80. The zero-order valence-corrected chi connectivity index (χ0v) is 15.9. The van der Waals surface area contributed by atoms with E-state index in [0.29, 0.717) is 0 Å². The molecule has 0 fully saturated rings. The molecule has 5 nitrogen and oxygen atoms in total. The van der Waals surface area contributed by atoms with Crippen molar-refractivity contribution in [3.8, 4) is 0 Å². The molecule has 25 heavy (non-hydrogen) atoms. The van der Waals surface area contributed by atoms with Crippen LogP contribution in [0, 0.1) is 6.92 Å². The maximum Gasteiger partial charge on any atom is 0.190 e. The van der Waals surface area contributed by atoms with Gasteiger partial charge in [0.25, 0.3) is 0 Å². The van der Waals surface area contributed by atoms with Crippen LogP contribution in [0.4, 0.5) is 0 Å². The summed E-state index contributed by atoms with van der Waals surface area (Å²) in [5, 5.41) is 9.85. The topological polar surface area (TPSA) is 58.5 Å². The molecular formula is C19H28N4OS. The van der Waals surface area contributed by atoms with Crippen LogP contribution in [0.15, 0.2) is 40.7 Å². The molecular weight excluding hydrogens is 332 g/mol. The lowest BCUT2D eigenvalue weighted by molar-refractivity contribution is 0.135. The Morgan fingerprint density at radius 1 is 1.12 bits per heavy atom. The maximum absolute atomic E-state index is 5.69. The Labute approximate surface area is 154 Å². The molecule has 0 saturated heterocycles. The van der Waals surface area contributed by atoms with E-state index in [1.807, 2.05) is 13.0 Å². The third-order valence-electron chi connectivity index (χ3n) is 3.70. The van der Waals surface area contributed by atoms with Crippen LogP contribution in [-0.2, 0) is 17.6 Å². The first kappa shape index (κ1) is 19.4. The van der Waals surface area contributed by atoms with E-state index in [4.69, 9.17) is 4.74 Å². The van der Waals surface area contributed by atoms with Gasteiger partial charge in [0.15, 0.2) is 5.96 Å². The molecule has 1 aromatic carbocycles. The van der Waals surface area contributed by atoms with Crippen molar-refractivity contribution in [3.63, 3.8) is 0 Å². The fourth-order valence-corrected chi connectivity index (χ4v) is 3.02. The largest absolute Gasteiger partial charge is 0.381 e. The van der Waals surface area contributed by atoms with E-state index >= 15 is 0 Å². The molecule has 0 aliphatic carbocycles. The molecule has 0 spiro atoms. The van der Waals surface area contributed by atoms with Gasteiger partial charge in [-0.1, -0.05) is 30.3 Å². The molecule has 1 aromatic heterocycles. The molecule has 1 heterocycles. The highest BCUT2D eigenvalue weighted by molar-refractivity contribution is 7.09. The molecule has 2 N–H and O–H groups in total. The van der Waals surface area contributed by atoms with Crippen LogP contribution >= 0.6 is 11.3 Å². The van der Waals surface area contributed by atoms with Gasteiger partial charge < -0.3 is 15.4 Å². The van der Waals surface area contributed by atoms with Gasteiger partial charge in [0.05, 0.1) is 17.3 Å². The lowest BCUT2D eigenvalue weighted by Gasteiger charge is -2.11. The van der Waals surface area contributed by atoms with Crippen LogP contribution in [0.25, 0.3) is 0 Å². The van der Waals surface area contributed by atoms with Gasteiger partial charge in [0.2, 0.25) is 0 Å². The summed E-state index contributed by atoms with van der Waals surface area (Å²) in [7, 11) is 1.79. The van der Waals surface area contributed by atoms with E-state index in [9.17, 15) is 0 Å². The van der Waals surface area contributed by atoms with Gasteiger partial charge in [-0.2, -0.15) is 0 Å². The summed E-state index contributed by atoms with van der Waals surface area (Å²) in [6.45, 7) is 5.24. The molecule has 6 heteroatoms. The number of thiazole rings is 1. The summed E-state index contributed by atoms with van der Waals surface area (Å²) >= 11 is 1.69. The Bertz CT molecular complexity index is 627. The molecule has 2 rings (SSSR count). The number of ether oxygens (including phenoxy) is 1. The van der Waals surface area contributed by atoms with Gasteiger partial charge in [-0.15, -0.1) is 11.3 Å². The molecule has 0 aliphatic rings. The number of rotatable bonds is 10. The SMILES string of the molecule is CN=C(NCCCOCCc1ccccc1)NCCc1csc(C)n1. The van der Waals surface area contributed by atoms with Gasteiger partial charge in [-0.25, -0.2) is 4.98 Å². The highest BCUT2D eigenvalue weighted by Gasteiger charge is 2.00. The normalized spacial score (nSPS) is 11.5. The average Bonchev–Trinajstić information content (AvgIpc) is 3.05. The molecule has 0 unspecified atom stereocenters. The zero-order chi connectivity index (χ0) is 17.7. The number of hydrogen-bond donors (Lipinski definition) is 2. The highest BCUT2D eigenvalue weighted by Crippen LogP contribution is 2.07. The van der Waals surface area contributed by atoms with Gasteiger partial charge in [-0.3, -0.25) is 4.99 Å². The van der Waals surface area contributed by atoms with Crippen LogP contribution in [0.3, 0.4) is 0 Å². The lowest BCUT2D eigenvalue weighted by Crippen LogP contribution is -2.39. The predicted molar refractivity (Wildman–Crippen MR) is 106 cm³/mol. The van der Waals surface area contributed by atoms with Gasteiger partial charge in [0, 0.05) is 38.5 Å². The summed E-state index contributed by atoms with van der Waals surface area (Å²) in [6.07, 6.45) is 2.84. The van der Waals surface area contributed by atoms with Crippen molar-refractivity contribution < 1.29 is 4.74 Å². The monoisotopic (exact) mass is 360 g/mol. The summed E-state index contributed by atoms with van der Waals surface area (Å²) in [5.41, 5.74) is 2.46. The third kappa shape index (κ3) is 8.14. The molecule has 0 atom stereocenters. The van der Waals surface area contributed by atoms with Crippen molar-refractivity contribution >= 4 is 17.3 Å². The molecule has 0 radical (unpaired) electrons. The Hall–Kier alpha value is -1.92. The van der Waals surface area contributed by atoms with Gasteiger partial charge in [-0.05, 0) is 25.3 Å². The second kappa shape index (κ2) is 11.6. The van der Waals surface area contributed by atoms with Crippen LogP contribution in [-0.4, -0.2) is 44.3 Å². The maximum atomic E-state index is 5.69. The van der Waals surface area contributed by atoms with Crippen molar-refractivity contribution in [2.45, 2.75) is 26.2 Å². The van der Waals surface area contributed by atoms with Crippen molar-refractivity contribution in [1.82, 2.24) is 15.6 Å². The summed E-state index contributed by atoms with van der Waals surface area (Å²) in [6, 6.07) is 10.4. The van der Waals surface area contributed by atoms with E-state index in [2.05, 4.69) is 50.3 Å². The van der Waals surface area contributed by atoms with Gasteiger partial charge >= 0.3 is 0 Å². The highest BCUT2D eigenvalue weighted by atomic mass is 32.1. The number of aryl methyl sites for hydroxylation is 1. The van der Waals surface area contributed by atoms with Crippen LogP contribution < -0.4 is 10.6 Å². The number of nitrogens with zero attached hydrogens (tertiary/aromatic N) is 2. The van der Waals surface area contributed by atoms with E-state index in [-0.39, 0.29) is 0 Å². The predicted octanol–water partition coefficient (Wildman–Crippen LogP) is 2.81. The summed E-state index contributed by atoms with van der Waals surface area (Å²) < 4.78 is 5.69. The molecule has 0 amide bonds. The van der Waals surface area contributed by atoms with Crippen LogP contribution in [0.1, 0.15) is 22.7 Å². The standard InChI is InChI=1S/C19H28N4OS/c1-16-23-18(15-25-16)9-12-22-19(20-2)21-11-6-13-24-14-10-17-7-4-3-5-8-17/h3-5,7-8,15H,6,9-14H2,1-2H3,(H2,20,21,22). The summed E-state index contributed by atoms with van der Waals surface area (Å²) in [4.78, 5) is 8.69. The number of benzene rings is 1. The Morgan fingerprint density at radius 3 is 2.64 bits per heavy atom. The summed E-state index contributed by atoms with van der Waals surface area (Å²) in [5.74, 6) is 0.830. The molecule has 0 aliphatic heterocycles. The Kier molecular flexibility index (Phi) is 9.01. The fourth-order valence-electron chi connectivity index (χ4n) is 2.37. The molecule has 0 saturated carbocycles. The van der Waals surface area contributed by atoms with E-state index < -0.39 is 0 Å². The number of aliphatic imine (C=N–C) groups is 1. The quantitative estimate of drug-likeness (QED) is 0.389. The third-order valence-corrected chi connectivity index (χ3v) is 4.52. The van der Waals surface area contributed by atoms with E-state index in [1.54, 1.807) is 18.4 Å². The lowest BCUT2D eigenvalue weighted by atomic mass is 10.2. The second-order valence-electron chi connectivity index (χ2n) is 5.74. The Morgan fingerprint density at radius 2 is 1.92 bits per heavy atom. The van der Waals surface area contributed by atoms with Crippen molar-refractivity contribution in [2.75, 3.05) is 33.4 Å². The van der Waals surface area contributed by atoms with Crippen LogP contribution in [0.2, 0.25) is 0 Å². The number of aromatic nitrogens is 1. The van der Waals surface area contributed by atoms with Crippen molar-refractivity contribution in [3.05, 3.63) is 52.0 Å². The first-order valence-electron chi connectivity index (χ1n) is 8.75. The first-order valence-corrected chi connectivity index (χ1v) is 9.63. The van der Waals surface area contributed by atoms with Crippen molar-refractivity contribution in [2.24, 2.45) is 4.99 Å². The number of guanidine groups is 1. The van der Waals surface area contributed by atoms with E-state index in [1.165, 1.54) is 5.56 Å². The number of nitrogens with one attached hydrogen (secondary N) is 2. The zero-order valence-electron chi connectivity index (χ0n) is 15.1. The fraction of sp³-hybridized carbons (Fsp3) is 0.474. The minimum atomic E-state index is 0.759. The smallest absolute Gasteiger partial charge is 0.190 e. The minimum absolute atomic E-state index is 0.759. The molecule has 136 valence electrons. The Balaban J connectivity index is 1.48. The average molecular weight is 361 g/mol.